The second kappa shape index (κ2) is 5.44. The number of hydrogen-bond acceptors (Lipinski definition) is 2. The van der Waals surface area contributed by atoms with Crippen LogP contribution in [0, 0.1) is 0 Å². The molecular weight excluding hydrogens is 226 g/mol. The van der Waals surface area contributed by atoms with Gasteiger partial charge in [0.15, 0.2) is 0 Å². The molecule has 18 heavy (non-hydrogen) atoms. The number of aromatic nitrogens is 1. The number of hydrogen-bond donors (Lipinski definition) is 1. The van der Waals surface area contributed by atoms with E-state index >= 15 is 0 Å². The normalized spacial score (nSPS) is 13.2. The summed E-state index contributed by atoms with van der Waals surface area (Å²) < 4.78 is 7.97. The number of fused-ring (bicyclic) bond motifs is 1. The first-order valence-electron chi connectivity index (χ1n) is 6.50. The molecule has 1 aromatic heterocycles. The molecule has 1 heterocycles. The van der Waals surface area contributed by atoms with Crippen LogP contribution in [-0.2, 0) is 6.54 Å². The number of ether oxygens (including phenoxy) is 1. The molecule has 0 bridgehead atoms. The molecule has 3 heteroatoms. The minimum absolute atomic E-state index is 0.177. The van der Waals surface area contributed by atoms with E-state index in [1.54, 1.807) is 0 Å². The van der Waals surface area contributed by atoms with Crippen LogP contribution >= 0.6 is 0 Å². The summed E-state index contributed by atoms with van der Waals surface area (Å²) in [5.41, 5.74) is 1.16. The SMILES string of the molecule is CC(O)CCn1ccc2c(OC(C)C)cccc21. The predicted molar refractivity (Wildman–Crippen MR) is 74.0 cm³/mol. The Morgan fingerprint density at radius 1 is 1.22 bits per heavy atom. The summed E-state index contributed by atoms with van der Waals surface area (Å²) in [4.78, 5) is 0. The third-order valence-corrected chi connectivity index (χ3v) is 2.92. The van der Waals surface area contributed by atoms with Crippen LogP contribution in [0.25, 0.3) is 10.9 Å². The molecule has 3 nitrogen and oxygen atoms in total. The number of rotatable bonds is 5. The van der Waals surface area contributed by atoms with Gasteiger partial charge in [-0.25, -0.2) is 0 Å². The fraction of sp³-hybridized carbons (Fsp3) is 0.467. The average Bonchev–Trinajstić information content (AvgIpc) is 2.70. The van der Waals surface area contributed by atoms with Gasteiger partial charge in [-0.3, -0.25) is 0 Å². The van der Waals surface area contributed by atoms with Crippen molar-refractivity contribution in [1.82, 2.24) is 4.57 Å². The number of aryl methyl sites for hydroxylation is 1. The van der Waals surface area contributed by atoms with Crippen LogP contribution in [0.2, 0.25) is 0 Å². The van der Waals surface area contributed by atoms with E-state index in [0.29, 0.717) is 0 Å². The van der Waals surface area contributed by atoms with Crippen LogP contribution in [0.4, 0.5) is 0 Å². The summed E-state index contributed by atoms with van der Waals surface area (Å²) in [5.74, 6) is 0.929. The van der Waals surface area contributed by atoms with E-state index in [1.165, 1.54) is 0 Å². The smallest absolute Gasteiger partial charge is 0.129 e. The summed E-state index contributed by atoms with van der Waals surface area (Å²) in [7, 11) is 0. The number of benzene rings is 1. The van der Waals surface area contributed by atoms with Crippen molar-refractivity contribution in [2.75, 3.05) is 0 Å². The Hall–Kier alpha value is -1.48. The van der Waals surface area contributed by atoms with Gasteiger partial charge in [0, 0.05) is 18.1 Å². The minimum Gasteiger partial charge on any atom is -0.490 e. The van der Waals surface area contributed by atoms with Crippen molar-refractivity contribution in [3.05, 3.63) is 30.5 Å². The average molecular weight is 247 g/mol. The van der Waals surface area contributed by atoms with E-state index in [4.69, 9.17) is 4.74 Å². The fourth-order valence-electron chi connectivity index (χ4n) is 2.07. The molecule has 2 aromatic rings. The predicted octanol–water partition coefficient (Wildman–Crippen LogP) is 3.20. The van der Waals surface area contributed by atoms with E-state index in [-0.39, 0.29) is 12.2 Å². The third kappa shape index (κ3) is 2.85. The maximum absolute atomic E-state index is 9.36. The molecule has 0 radical (unpaired) electrons. The maximum atomic E-state index is 9.36. The molecule has 1 atom stereocenters. The summed E-state index contributed by atoms with van der Waals surface area (Å²) >= 11 is 0. The Kier molecular flexibility index (Phi) is 3.92. The quantitative estimate of drug-likeness (QED) is 0.880. The molecule has 1 N–H and O–H groups in total. The van der Waals surface area contributed by atoms with Crippen LogP contribution < -0.4 is 4.74 Å². The molecule has 1 aromatic carbocycles. The van der Waals surface area contributed by atoms with Crippen LogP contribution in [-0.4, -0.2) is 21.9 Å². The third-order valence-electron chi connectivity index (χ3n) is 2.92. The van der Waals surface area contributed by atoms with Crippen molar-refractivity contribution in [2.45, 2.75) is 45.9 Å². The summed E-state index contributed by atoms with van der Waals surface area (Å²) in [6.45, 7) is 6.71. The van der Waals surface area contributed by atoms with Crippen molar-refractivity contribution in [3.8, 4) is 5.75 Å². The lowest BCUT2D eigenvalue weighted by Gasteiger charge is -2.12. The highest BCUT2D eigenvalue weighted by Gasteiger charge is 2.08. The van der Waals surface area contributed by atoms with E-state index < -0.39 is 0 Å². The van der Waals surface area contributed by atoms with E-state index in [9.17, 15) is 5.11 Å². The number of nitrogens with zero attached hydrogens (tertiary/aromatic N) is 1. The van der Waals surface area contributed by atoms with Crippen LogP contribution in [0.1, 0.15) is 27.2 Å². The molecule has 0 spiro atoms. The second-order valence-corrected chi connectivity index (χ2v) is 5.00. The van der Waals surface area contributed by atoms with Crippen molar-refractivity contribution in [2.24, 2.45) is 0 Å². The topological polar surface area (TPSA) is 34.4 Å². The highest BCUT2D eigenvalue weighted by atomic mass is 16.5. The Morgan fingerprint density at radius 3 is 2.67 bits per heavy atom. The van der Waals surface area contributed by atoms with Gasteiger partial charge in [0.1, 0.15) is 5.75 Å². The van der Waals surface area contributed by atoms with E-state index in [0.717, 1.165) is 29.6 Å². The zero-order valence-electron chi connectivity index (χ0n) is 11.3. The molecule has 0 saturated carbocycles. The van der Waals surface area contributed by atoms with Crippen LogP contribution in [0.5, 0.6) is 5.75 Å². The van der Waals surface area contributed by atoms with Gasteiger partial charge in [-0.05, 0) is 45.4 Å². The van der Waals surface area contributed by atoms with Gasteiger partial charge in [-0.2, -0.15) is 0 Å². The molecule has 0 aliphatic rings. The zero-order chi connectivity index (χ0) is 13.1. The Bertz CT molecular complexity index is 514. The molecule has 1 unspecified atom stereocenters. The second-order valence-electron chi connectivity index (χ2n) is 5.00. The van der Waals surface area contributed by atoms with Crippen LogP contribution in [0.15, 0.2) is 30.5 Å². The van der Waals surface area contributed by atoms with Gasteiger partial charge >= 0.3 is 0 Å². The first kappa shape index (κ1) is 13.0. The zero-order valence-corrected chi connectivity index (χ0v) is 11.3. The highest BCUT2D eigenvalue weighted by Crippen LogP contribution is 2.27. The van der Waals surface area contributed by atoms with Gasteiger partial charge in [0.05, 0.1) is 17.7 Å². The van der Waals surface area contributed by atoms with Gasteiger partial charge in [0.2, 0.25) is 0 Å². The lowest BCUT2D eigenvalue weighted by molar-refractivity contribution is 0.178. The molecule has 98 valence electrons. The molecule has 0 aliphatic carbocycles. The Labute approximate surface area is 108 Å². The summed E-state index contributed by atoms with van der Waals surface area (Å²) in [6.07, 6.45) is 2.73. The first-order valence-corrected chi connectivity index (χ1v) is 6.50. The maximum Gasteiger partial charge on any atom is 0.129 e. The first-order chi connectivity index (χ1) is 8.58. The largest absolute Gasteiger partial charge is 0.490 e. The van der Waals surface area contributed by atoms with E-state index in [1.807, 2.05) is 32.9 Å². The lowest BCUT2D eigenvalue weighted by atomic mass is 10.2. The van der Waals surface area contributed by atoms with Gasteiger partial charge in [0.25, 0.3) is 0 Å². The van der Waals surface area contributed by atoms with Crippen LogP contribution in [0.3, 0.4) is 0 Å². The standard InChI is InChI=1S/C15H21NO2/c1-11(2)18-15-6-4-5-14-13(15)8-10-16(14)9-7-12(3)17/h4-6,8,10-12,17H,7,9H2,1-3H3. The Morgan fingerprint density at radius 2 is 2.00 bits per heavy atom. The molecular formula is C15H21NO2. The Balaban J connectivity index is 2.30. The van der Waals surface area contributed by atoms with Gasteiger partial charge < -0.3 is 14.4 Å². The summed E-state index contributed by atoms with van der Waals surface area (Å²) in [6, 6.07) is 8.18. The lowest BCUT2D eigenvalue weighted by Crippen LogP contribution is -2.07. The summed E-state index contributed by atoms with van der Waals surface area (Å²) in [5, 5.41) is 10.5. The molecule has 0 aliphatic heterocycles. The van der Waals surface area contributed by atoms with Gasteiger partial charge in [-0.1, -0.05) is 6.07 Å². The fourth-order valence-corrected chi connectivity index (χ4v) is 2.07. The monoisotopic (exact) mass is 247 g/mol. The van der Waals surface area contributed by atoms with Crippen molar-refractivity contribution in [1.29, 1.82) is 0 Å². The van der Waals surface area contributed by atoms with Crippen molar-refractivity contribution in [3.63, 3.8) is 0 Å². The number of aliphatic hydroxyl groups excluding tert-OH is 1. The number of aliphatic hydroxyl groups is 1. The van der Waals surface area contributed by atoms with Crippen molar-refractivity contribution >= 4 is 10.9 Å². The van der Waals surface area contributed by atoms with Gasteiger partial charge in [-0.15, -0.1) is 0 Å². The minimum atomic E-state index is -0.266. The highest BCUT2D eigenvalue weighted by molar-refractivity contribution is 5.86. The molecule has 0 saturated heterocycles. The molecule has 2 rings (SSSR count). The van der Waals surface area contributed by atoms with Crippen molar-refractivity contribution < 1.29 is 9.84 Å². The molecule has 0 fully saturated rings. The molecule has 0 amide bonds. The van der Waals surface area contributed by atoms with E-state index in [2.05, 4.69) is 22.9 Å².